The second-order valence-corrected chi connectivity index (χ2v) is 3.64. The number of hydrogen-bond acceptors (Lipinski definition) is 4. The van der Waals surface area contributed by atoms with Gasteiger partial charge in [-0.2, -0.15) is 0 Å². The van der Waals surface area contributed by atoms with Crippen molar-refractivity contribution >= 4 is 17.3 Å². The van der Waals surface area contributed by atoms with E-state index in [-0.39, 0.29) is 5.69 Å². The second-order valence-electron chi connectivity index (χ2n) is 2.66. The van der Waals surface area contributed by atoms with Gasteiger partial charge in [0.05, 0.1) is 12.9 Å². The predicted molar refractivity (Wildman–Crippen MR) is 50.4 cm³/mol. The Morgan fingerprint density at radius 2 is 2.43 bits per heavy atom. The molecule has 0 saturated carbocycles. The Balaban J connectivity index is 2.14. The lowest BCUT2D eigenvalue weighted by Gasteiger charge is -1.95. The third kappa shape index (κ3) is 1.80. The number of carboxylic acid groups (broad SMARTS) is 1. The lowest BCUT2D eigenvalue weighted by atomic mass is 10.5. The van der Waals surface area contributed by atoms with E-state index in [9.17, 15) is 4.79 Å². The summed E-state index contributed by atoms with van der Waals surface area (Å²) in [5, 5.41) is 11.4. The molecule has 0 aliphatic rings. The number of imidazole rings is 1. The van der Waals surface area contributed by atoms with E-state index < -0.39 is 5.97 Å². The zero-order valence-corrected chi connectivity index (χ0v) is 7.94. The molecule has 2 aromatic heterocycles. The van der Waals surface area contributed by atoms with Gasteiger partial charge in [0.1, 0.15) is 5.01 Å². The van der Waals surface area contributed by atoms with Crippen LogP contribution in [0.25, 0.3) is 0 Å². The summed E-state index contributed by atoms with van der Waals surface area (Å²) in [5.41, 5.74) is 0.0570. The third-order valence-electron chi connectivity index (χ3n) is 1.65. The minimum absolute atomic E-state index is 0.0570. The molecule has 0 aromatic carbocycles. The summed E-state index contributed by atoms with van der Waals surface area (Å²) in [6, 6.07) is 0. The molecule has 0 fully saturated rings. The smallest absolute Gasteiger partial charge is 0.356 e. The summed E-state index contributed by atoms with van der Waals surface area (Å²) >= 11 is 1.53. The fourth-order valence-corrected chi connectivity index (χ4v) is 1.67. The molecule has 0 aliphatic heterocycles. The fourth-order valence-electron chi connectivity index (χ4n) is 1.04. The standard InChI is InChI=1S/C8H7N3O2S/c12-8(13)6-3-11(5-10-6)4-7-9-1-2-14-7/h1-3,5H,4H2,(H,12,13). The van der Waals surface area contributed by atoms with Gasteiger partial charge in [0.25, 0.3) is 0 Å². The molecular formula is C8H7N3O2S. The van der Waals surface area contributed by atoms with Crippen molar-refractivity contribution in [3.63, 3.8) is 0 Å². The summed E-state index contributed by atoms with van der Waals surface area (Å²) in [6.07, 6.45) is 4.70. The fraction of sp³-hybridized carbons (Fsp3) is 0.125. The first-order valence-electron chi connectivity index (χ1n) is 3.89. The minimum atomic E-state index is -1.01. The average Bonchev–Trinajstić information content (AvgIpc) is 2.75. The van der Waals surface area contributed by atoms with Crippen molar-refractivity contribution in [1.29, 1.82) is 0 Å². The highest BCUT2D eigenvalue weighted by molar-refractivity contribution is 7.09. The second kappa shape index (κ2) is 3.59. The summed E-state index contributed by atoms with van der Waals surface area (Å²) in [4.78, 5) is 18.4. The van der Waals surface area contributed by atoms with Gasteiger partial charge in [-0.05, 0) is 0 Å². The Hall–Kier alpha value is -1.69. The van der Waals surface area contributed by atoms with Crippen molar-refractivity contribution in [2.24, 2.45) is 0 Å². The minimum Gasteiger partial charge on any atom is -0.476 e. The molecule has 1 N–H and O–H groups in total. The molecule has 0 saturated heterocycles. The van der Waals surface area contributed by atoms with Crippen LogP contribution in [0.1, 0.15) is 15.5 Å². The first-order valence-corrected chi connectivity index (χ1v) is 4.77. The van der Waals surface area contributed by atoms with E-state index in [1.54, 1.807) is 10.8 Å². The Morgan fingerprint density at radius 3 is 3.00 bits per heavy atom. The maximum absolute atomic E-state index is 10.5. The summed E-state index contributed by atoms with van der Waals surface area (Å²) < 4.78 is 1.70. The number of aromatic carboxylic acids is 1. The largest absolute Gasteiger partial charge is 0.476 e. The highest BCUT2D eigenvalue weighted by Gasteiger charge is 2.06. The summed E-state index contributed by atoms with van der Waals surface area (Å²) in [7, 11) is 0. The van der Waals surface area contributed by atoms with Crippen molar-refractivity contribution in [3.05, 3.63) is 34.8 Å². The molecule has 6 heteroatoms. The van der Waals surface area contributed by atoms with Crippen molar-refractivity contribution in [2.75, 3.05) is 0 Å². The van der Waals surface area contributed by atoms with Crippen LogP contribution in [0.15, 0.2) is 24.1 Å². The van der Waals surface area contributed by atoms with E-state index >= 15 is 0 Å². The van der Waals surface area contributed by atoms with Crippen LogP contribution in [0.4, 0.5) is 0 Å². The van der Waals surface area contributed by atoms with E-state index in [1.165, 1.54) is 23.9 Å². The van der Waals surface area contributed by atoms with Gasteiger partial charge in [0.2, 0.25) is 0 Å². The Labute approximate surface area is 83.7 Å². The number of hydrogen-bond donors (Lipinski definition) is 1. The number of thiazole rings is 1. The monoisotopic (exact) mass is 209 g/mol. The van der Waals surface area contributed by atoms with Crippen molar-refractivity contribution < 1.29 is 9.90 Å². The highest BCUT2D eigenvalue weighted by Crippen LogP contribution is 2.07. The number of aromatic nitrogens is 3. The maximum Gasteiger partial charge on any atom is 0.356 e. The topological polar surface area (TPSA) is 68.0 Å². The molecule has 5 nitrogen and oxygen atoms in total. The molecule has 0 spiro atoms. The van der Waals surface area contributed by atoms with Crippen LogP contribution in [0.5, 0.6) is 0 Å². The maximum atomic E-state index is 10.5. The lowest BCUT2D eigenvalue weighted by molar-refractivity contribution is 0.0691. The van der Waals surface area contributed by atoms with Gasteiger partial charge in [-0.1, -0.05) is 0 Å². The van der Waals surface area contributed by atoms with Crippen LogP contribution in [0.3, 0.4) is 0 Å². The van der Waals surface area contributed by atoms with Crippen LogP contribution in [0, 0.1) is 0 Å². The lowest BCUT2D eigenvalue weighted by Crippen LogP contribution is -1.97. The van der Waals surface area contributed by atoms with Crippen LogP contribution in [0.2, 0.25) is 0 Å². The normalized spacial score (nSPS) is 10.3. The predicted octanol–water partition coefficient (Wildman–Crippen LogP) is 1.09. The molecule has 2 rings (SSSR count). The molecule has 0 radical (unpaired) electrons. The van der Waals surface area contributed by atoms with E-state index in [4.69, 9.17) is 5.11 Å². The number of carbonyl (C=O) groups is 1. The molecule has 0 unspecified atom stereocenters. The quantitative estimate of drug-likeness (QED) is 0.821. The van der Waals surface area contributed by atoms with Crippen molar-refractivity contribution in [3.8, 4) is 0 Å². The number of rotatable bonds is 3. The van der Waals surface area contributed by atoms with Gasteiger partial charge in [0, 0.05) is 17.8 Å². The Bertz CT molecular complexity index is 435. The van der Waals surface area contributed by atoms with Gasteiger partial charge in [-0.25, -0.2) is 14.8 Å². The third-order valence-corrected chi connectivity index (χ3v) is 2.42. The molecule has 14 heavy (non-hydrogen) atoms. The molecule has 2 heterocycles. The van der Waals surface area contributed by atoms with Crippen LogP contribution in [-0.2, 0) is 6.54 Å². The zero-order chi connectivity index (χ0) is 9.97. The number of carboxylic acids is 1. The van der Waals surface area contributed by atoms with Crippen molar-refractivity contribution in [1.82, 2.24) is 14.5 Å². The molecule has 0 atom stereocenters. The van der Waals surface area contributed by atoms with Gasteiger partial charge >= 0.3 is 5.97 Å². The van der Waals surface area contributed by atoms with E-state index in [0.29, 0.717) is 6.54 Å². The van der Waals surface area contributed by atoms with E-state index in [1.807, 2.05) is 5.38 Å². The van der Waals surface area contributed by atoms with Gasteiger partial charge in [-0.15, -0.1) is 11.3 Å². The molecule has 0 bridgehead atoms. The van der Waals surface area contributed by atoms with Gasteiger partial charge in [-0.3, -0.25) is 0 Å². The molecule has 2 aromatic rings. The summed E-state index contributed by atoms with van der Waals surface area (Å²) in [5.74, 6) is -1.01. The molecular weight excluding hydrogens is 202 g/mol. The summed E-state index contributed by atoms with van der Waals surface area (Å²) in [6.45, 7) is 0.567. The zero-order valence-electron chi connectivity index (χ0n) is 7.12. The first kappa shape index (κ1) is 8.89. The van der Waals surface area contributed by atoms with Gasteiger partial charge < -0.3 is 9.67 Å². The van der Waals surface area contributed by atoms with Crippen LogP contribution >= 0.6 is 11.3 Å². The van der Waals surface area contributed by atoms with E-state index in [0.717, 1.165) is 5.01 Å². The van der Waals surface area contributed by atoms with Crippen LogP contribution < -0.4 is 0 Å². The van der Waals surface area contributed by atoms with Crippen LogP contribution in [-0.4, -0.2) is 25.6 Å². The van der Waals surface area contributed by atoms with Gasteiger partial charge in [0.15, 0.2) is 5.69 Å². The molecule has 0 amide bonds. The first-order chi connectivity index (χ1) is 6.75. The van der Waals surface area contributed by atoms with E-state index in [2.05, 4.69) is 9.97 Å². The highest BCUT2D eigenvalue weighted by atomic mass is 32.1. The average molecular weight is 209 g/mol. The Morgan fingerprint density at radius 1 is 1.57 bits per heavy atom. The molecule has 0 aliphatic carbocycles. The SMILES string of the molecule is O=C(O)c1cn(Cc2nccs2)cn1. The number of nitrogens with zero attached hydrogens (tertiary/aromatic N) is 3. The van der Waals surface area contributed by atoms with Crippen molar-refractivity contribution in [2.45, 2.75) is 6.54 Å². The Kier molecular flexibility index (Phi) is 2.28. The molecule has 72 valence electrons.